The van der Waals surface area contributed by atoms with E-state index in [1.165, 1.54) is 6.26 Å². The molecular weight excluding hydrogens is 374 g/mol. The van der Waals surface area contributed by atoms with E-state index in [0.717, 1.165) is 33.2 Å². The second kappa shape index (κ2) is 6.83. The van der Waals surface area contributed by atoms with Crippen LogP contribution in [0.2, 0.25) is 0 Å². The fourth-order valence-corrected chi connectivity index (χ4v) is 4.12. The summed E-state index contributed by atoms with van der Waals surface area (Å²) in [4.78, 5) is 5.03. The number of pyridine rings is 1. The molecule has 1 atom stereocenters. The molecule has 0 aliphatic rings. The van der Waals surface area contributed by atoms with Crippen LogP contribution < -0.4 is 9.47 Å². The summed E-state index contributed by atoms with van der Waals surface area (Å²) in [5.41, 5.74) is 3.90. The zero-order valence-corrected chi connectivity index (χ0v) is 16.7. The van der Waals surface area contributed by atoms with Crippen molar-refractivity contribution in [1.29, 1.82) is 4.78 Å². The molecule has 0 aliphatic heterocycles. The summed E-state index contributed by atoms with van der Waals surface area (Å²) in [6.07, 6.45) is 3.19. The quantitative estimate of drug-likeness (QED) is 0.547. The molecule has 0 spiro atoms. The Kier molecular flexibility index (Phi) is 4.47. The molecule has 144 valence electrons. The van der Waals surface area contributed by atoms with Crippen molar-refractivity contribution >= 4 is 31.7 Å². The molecule has 1 N–H and O–H groups in total. The van der Waals surface area contributed by atoms with Crippen molar-refractivity contribution < 1.29 is 13.7 Å². The first-order chi connectivity index (χ1) is 13.4. The first kappa shape index (κ1) is 18.3. The summed E-state index contributed by atoms with van der Waals surface area (Å²) in [6.45, 7) is 0.560. The van der Waals surface area contributed by atoms with Crippen LogP contribution in [0, 0.1) is 4.78 Å². The maximum absolute atomic E-state index is 12.1. The van der Waals surface area contributed by atoms with E-state index in [1.807, 2.05) is 36.4 Å². The third-order valence-corrected chi connectivity index (χ3v) is 6.02. The lowest BCUT2D eigenvalue weighted by molar-refractivity contribution is 0.407. The molecule has 2 aromatic carbocycles. The summed E-state index contributed by atoms with van der Waals surface area (Å²) in [5.74, 6) is 1.40. The molecule has 6 nitrogen and oxygen atoms in total. The average molecular weight is 395 g/mol. The van der Waals surface area contributed by atoms with Crippen molar-refractivity contribution in [2.75, 3.05) is 20.5 Å². The summed E-state index contributed by atoms with van der Waals surface area (Å²) >= 11 is 0. The van der Waals surface area contributed by atoms with Crippen LogP contribution in [0.5, 0.6) is 11.5 Å². The maximum atomic E-state index is 12.1. The number of hydrogen-bond donors (Lipinski definition) is 1. The highest BCUT2D eigenvalue weighted by molar-refractivity contribution is 7.91. The zero-order chi connectivity index (χ0) is 19.9. The molecule has 0 radical (unpaired) electrons. The Labute approximate surface area is 163 Å². The van der Waals surface area contributed by atoms with Crippen LogP contribution in [0.1, 0.15) is 5.56 Å². The van der Waals surface area contributed by atoms with Crippen LogP contribution in [-0.4, -0.2) is 34.2 Å². The topological polar surface area (TPSA) is 77.2 Å². The van der Waals surface area contributed by atoms with Gasteiger partial charge in [0.1, 0.15) is 11.5 Å². The average Bonchev–Trinajstić information content (AvgIpc) is 3.00. The molecule has 2 heterocycles. The monoisotopic (exact) mass is 395 g/mol. The van der Waals surface area contributed by atoms with Gasteiger partial charge < -0.3 is 14.0 Å². The van der Waals surface area contributed by atoms with Gasteiger partial charge in [-0.1, -0.05) is 6.07 Å². The largest absolute Gasteiger partial charge is 0.497 e. The van der Waals surface area contributed by atoms with Gasteiger partial charge in [0.25, 0.3) is 0 Å². The lowest BCUT2D eigenvalue weighted by Crippen LogP contribution is -2.04. The molecule has 0 saturated carbocycles. The molecule has 28 heavy (non-hydrogen) atoms. The van der Waals surface area contributed by atoms with E-state index in [2.05, 4.69) is 9.55 Å². The third-order valence-electron chi connectivity index (χ3n) is 4.86. The van der Waals surface area contributed by atoms with Gasteiger partial charge in [0.05, 0.1) is 51.9 Å². The number of nitrogens with one attached hydrogen (secondary N) is 1. The molecule has 1 unspecified atom stereocenters. The van der Waals surface area contributed by atoms with Crippen LogP contribution >= 0.6 is 0 Å². The number of ether oxygens (including phenoxy) is 2. The van der Waals surface area contributed by atoms with Gasteiger partial charge in [-0.25, -0.2) is 8.99 Å². The summed E-state index contributed by atoms with van der Waals surface area (Å²) < 4.78 is 33.0. The molecule has 0 fully saturated rings. The zero-order valence-electron chi connectivity index (χ0n) is 15.9. The van der Waals surface area contributed by atoms with Crippen molar-refractivity contribution in [2.24, 2.45) is 0 Å². The second-order valence-electron chi connectivity index (χ2n) is 6.66. The lowest BCUT2D eigenvalue weighted by atomic mass is 10.2. The van der Waals surface area contributed by atoms with Crippen molar-refractivity contribution in [3.8, 4) is 11.5 Å². The van der Waals surface area contributed by atoms with Gasteiger partial charge in [-0.3, -0.25) is 4.98 Å². The minimum atomic E-state index is -2.80. The van der Waals surface area contributed by atoms with Crippen LogP contribution in [0.15, 0.2) is 59.6 Å². The SMILES string of the molecule is COc1ccc2c(c1)c1ncccc1n2Cc1ccc(S(C)(=N)=O)cc1OC. The van der Waals surface area contributed by atoms with Crippen molar-refractivity contribution in [3.05, 3.63) is 60.3 Å². The number of nitrogens with zero attached hydrogens (tertiary/aromatic N) is 2. The normalized spacial score (nSPS) is 13.5. The lowest BCUT2D eigenvalue weighted by Gasteiger charge is -2.13. The van der Waals surface area contributed by atoms with Gasteiger partial charge in [0.15, 0.2) is 0 Å². The minimum absolute atomic E-state index is 0.460. The number of benzene rings is 2. The van der Waals surface area contributed by atoms with Crippen LogP contribution in [0.3, 0.4) is 0 Å². The van der Waals surface area contributed by atoms with E-state index >= 15 is 0 Å². The molecule has 4 rings (SSSR count). The van der Waals surface area contributed by atoms with Crippen molar-refractivity contribution in [3.63, 3.8) is 0 Å². The maximum Gasteiger partial charge on any atom is 0.125 e. The van der Waals surface area contributed by atoms with Crippen LogP contribution in [0.4, 0.5) is 0 Å². The molecule has 0 amide bonds. The number of hydrogen-bond acceptors (Lipinski definition) is 5. The summed E-state index contributed by atoms with van der Waals surface area (Å²) in [7, 11) is 0.435. The van der Waals surface area contributed by atoms with E-state index in [4.69, 9.17) is 14.3 Å². The summed E-state index contributed by atoms with van der Waals surface area (Å²) in [6, 6.07) is 15.2. The predicted molar refractivity (Wildman–Crippen MR) is 111 cm³/mol. The Hall–Kier alpha value is -3.06. The number of fused-ring (bicyclic) bond motifs is 3. The number of aromatic nitrogens is 2. The van der Waals surface area contributed by atoms with Gasteiger partial charge in [-0.15, -0.1) is 0 Å². The van der Waals surface area contributed by atoms with E-state index < -0.39 is 9.73 Å². The van der Waals surface area contributed by atoms with Crippen molar-refractivity contribution in [2.45, 2.75) is 11.4 Å². The van der Waals surface area contributed by atoms with Gasteiger partial charge in [0.2, 0.25) is 0 Å². The first-order valence-electron chi connectivity index (χ1n) is 8.74. The van der Waals surface area contributed by atoms with Crippen LogP contribution in [-0.2, 0) is 16.3 Å². The Morgan fingerprint density at radius 3 is 2.61 bits per heavy atom. The minimum Gasteiger partial charge on any atom is -0.497 e. The fourth-order valence-electron chi connectivity index (χ4n) is 3.46. The van der Waals surface area contributed by atoms with Crippen molar-refractivity contribution in [1.82, 2.24) is 9.55 Å². The highest BCUT2D eigenvalue weighted by Crippen LogP contribution is 2.32. The molecule has 0 aliphatic carbocycles. The van der Waals surface area contributed by atoms with E-state index in [0.29, 0.717) is 17.2 Å². The van der Waals surface area contributed by atoms with E-state index in [-0.39, 0.29) is 0 Å². The molecule has 4 aromatic rings. The Morgan fingerprint density at radius 1 is 1.07 bits per heavy atom. The van der Waals surface area contributed by atoms with Gasteiger partial charge >= 0.3 is 0 Å². The van der Waals surface area contributed by atoms with Crippen LogP contribution in [0.25, 0.3) is 21.9 Å². The highest BCUT2D eigenvalue weighted by Gasteiger charge is 2.15. The van der Waals surface area contributed by atoms with E-state index in [9.17, 15) is 4.21 Å². The Morgan fingerprint density at radius 2 is 1.89 bits per heavy atom. The standard InChI is InChI=1S/C21H21N3O3S/c1-26-15-7-9-18-17(11-15)21-19(5-4-10-23-21)24(18)13-14-6-8-16(28(3,22)25)12-20(14)27-2/h4-12,22H,13H2,1-3H3. The van der Waals surface area contributed by atoms with Gasteiger partial charge in [-0.05, 0) is 42.5 Å². The number of rotatable bonds is 5. The third kappa shape index (κ3) is 3.07. The van der Waals surface area contributed by atoms with E-state index in [1.54, 1.807) is 32.5 Å². The predicted octanol–water partition coefficient (Wildman–Crippen LogP) is 4.29. The molecule has 2 aromatic heterocycles. The number of methoxy groups -OCH3 is 2. The Balaban J connectivity index is 1.90. The molecule has 7 heteroatoms. The van der Waals surface area contributed by atoms with Gasteiger partial charge in [-0.2, -0.15) is 0 Å². The highest BCUT2D eigenvalue weighted by atomic mass is 32.2. The second-order valence-corrected chi connectivity index (χ2v) is 8.82. The first-order valence-corrected chi connectivity index (χ1v) is 10.7. The summed E-state index contributed by atoms with van der Waals surface area (Å²) in [5, 5.41) is 1.02. The molecule has 0 bridgehead atoms. The molecular formula is C21H21N3O3S. The molecule has 0 saturated heterocycles. The van der Waals surface area contributed by atoms with Gasteiger partial charge in [0, 0.05) is 23.4 Å². The fraction of sp³-hybridized carbons (Fsp3) is 0.190. The smallest absolute Gasteiger partial charge is 0.125 e. The Bertz CT molecular complexity index is 1290.